The largest absolute Gasteiger partial charge is 0.394 e. The van der Waals surface area contributed by atoms with Crippen LogP contribution in [0.4, 0.5) is 0 Å². The Bertz CT molecular complexity index is 240. The van der Waals surface area contributed by atoms with Crippen molar-refractivity contribution in [3.8, 4) is 0 Å². The van der Waals surface area contributed by atoms with Gasteiger partial charge in [0.1, 0.15) is 0 Å². The Balaban J connectivity index is 1.88. The molecule has 2 rings (SSSR count). The van der Waals surface area contributed by atoms with Crippen molar-refractivity contribution >= 4 is 0 Å². The first-order valence-electron chi connectivity index (χ1n) is 7.17. The van der Waals surface area contributed by atoms with E-state index in [-0.39, 0.29) is 12.1 Å². The maximum Gasteiger partial charge on any atom is 0.0614 e. The zero-order valence-corrected chi connectivity index (χ0v) is 11.2. The lowest BCUT2D eigenvalue weighted by molar-refractivity contribution is -0.0853. The number of hydrogen-bond donors (Lipinski definition) is 2. The van der Waals surface area contributed by atoms with E-state index in [0.29, 0.717) is 18.2 Å². The van der Waals surface area contributed by atoms with Gasteiger partial charge < -0.3 is 15.2 Å². The highest BCUT2D eigenvalue weighted by molar-refractivity contribution is 4.95. The maximum absolute atomic E-state index is 9.70. The van der Waals surface area contributed by atoms with Gasteiger partial charge in [-0.15, -0.1) is 0 Å². The van der Waals surface area contributed by atoms with Crippen LogP contribution in [0.25, 0.3) is 0 Å². The topological polar surface area (TPSA) is 41.5 Å². The fraction of sp³-hybridized carbons (Fsp3) is 1.00. The number of aliphatic hydroxyl groups excluding tert-OH is 1. The molecule has 0 radical (unpaired) electrons. The molecule has 0 aromatic heterocycles. The lowest BCUT2D eigenvalue weighted by atomic mass is 9.79. The number of aliphatic hydroxyl groups is 1. The molecule has 0 heterocycles. The van der Waals surface area contributed by atoms with Crippen LogP contribution in [0.3, 0.4) is 0 Å². The minimum absolute atomic E-state index is 0.0964. The Labute approximate surface area is 105 Å². The van der Waals surface area contributed by atoms with E-state index < -0.39 is 0 Å². The summed E-state index contributed by atoms with van der Waals surface area (Å²) in [5, 5.41) is 13.2. The van der Waals surface area contributed by atoms with Crippen molar-refractivity contribution in [1.82, 2.24) is 5.32 Å². The fourth-order valence-corrected chi connectivity index (χ4v) is 3.14. The first kappa shape index (κ1) is 13.3. The predicted octanol–water partition coefficient (Wildman–Crippen LogP) is 2.23. The molecule has 2 N–H and O–H groups in total. The van der Waals surface area contributed by atoms with Crippen molar-refractivity contribution < 1.29 is 9.84 Å². The lowest BCUT2D eigenvalue weighted by Crippen LogP contribution is -2.55. The summed E-state index contributed by atoms with van der Waals surface area (Å²) in [6.07, 6.45) is 9.04. The molecule has 0 bridgehead atoms. The van der Waals surface area contributed by atoms with E-state index in [1.165, 1.54) is 19.3 Å². The highest BCUT2D eigenvalue weighted by atomic mass is 16.5. The minimum Gasteiger partial charge on any atom is -0.394 e. The summed E-state index contributed by atoms with van der Waals surface area (Å²) in [6.45, 7) is 4.53. The molecular formula is C14H27NO2. The van der Waals surface area contributed by atoms with Crippen LogP contribution in [-0.2, 0) is 4.74 Å². The van der Waals surface area contributed by atoms with Crippen molar-refractivity contribution in [1.29, 1.82) is 0 Å². The molecule has 0 saturated heterocycles. The zero-order chi connectivity index (χ0) is 12.3. The van der Waals surface area contributed by atoms with Crippen LogP contribution < -0.4 is 5.32 Å². The van der Waals surface area contributed by atoms with Crippen LogP contribution in [0.5, 0.6) is 0 Å². The third-order valence-corrected chi connectivity index (χ3v) is 4.13. The van der Waals surface area contributed by atoms with E-state index in [1.54, 1.807) is 0 Å². The molecular weight excluding hydrogens is 214 g/mol. The summed E-state index contributed by atoms with van der Waals surface area (Å²) in [7, 11) is 0. The molecule has 0 spiro atoms. The second kappa shape index (κ2) is 5.68. The molecule has 2 fully saturated rings. The molecule has 3 nitrogen and oxygen atoms in total. The maximum atomic E-state index is 9.70. The monoisotopic (exact) mass is 241 g/mol. The second-order valence-electron chi connectivity index (χ2n) is 6.14. The van der Waals surface area contributed by atoms with Gasteiger partial charge in [-0.05, 0) is 44.9 Å². The van der Waals surface area contributed by atoms with Crippen molar-refractivity contribution in [3.63, 3.8) is 0 Å². The van der Waals surface area contributed by atoms with Gasteiger partial charge in [0.2, 0.25) is 0 Å². The summed E-state index contributed by atoms with van der Waals surface area (Å²) in [6, 6.07) is 0.421. The second-order valence-corrected chi connectivity index (χ2v) is 6.14. The molecule has 0 amide bonds. The van der Waals surface area contributed by atoms with Crippen LogP contribution in [-0.4, -0.2) is 35.5 Å². The van der Waals surface area contributed by atoms with E-state index in [9.17, 15) is 5.11 Å². The summed E-state index contributed by atoms with van der Waals surface area (Å²) < 4.78 is 6.11. The molecule has 2 unspecified atom stereocenters. The van der Waals surface area contributed by atoms with Gasteiger partial charge in [-0.2, -0.15) is 0 Å². The van der Waals surface area contributed by atoms with Crippen molar-refractivity contribution in [2.75, 3.05) is 6.61 Å². The molecule has 17 heavy (non-hydrogen) atoms. The average Bonchev–Trinajstić information content (AvgIpc) is 2.23. The Morgan fingerprint density at radius 1 is 1.24 bits per heavy atom. The van der Waals surface area contributed by atoms with Gasteiger partial charge in [0.05, 0.1) is 18.8 Å². The van der Waals surface area contributed by atoms with Gasteiger partial charge >= 0.3 is 0 Å². The van der Waals surface area contributed by atoms with Crippen molar-refractivity contribution in [2.24, 2.45) is 0 Å². The van der Waals surface area contributed by atoms with Crippen molar-refractivity contribution in [2.45, 2.75) is 82.6 Å². The van der Waals surface area contributed by atoms with Gasteiger partial charge in [0.25, 0.3) is 0 Å². The zero-order valence-electron chi connectivity index (χ0n) is 11.2. The van der Waals surface area contributed by atoms with Crippen LogP contribution in [0, 0.1) is 0 Å². The highest BCUT2D eigenvalue weighted by Crippen LogP contribution is 2.33. The van der Waals surface area contributed by atoms with E-state index in [0.717, 1.165) is 25.7 Å². The third kappa shape index (κ3) is 3.43. The molecule has 2 aliphatic carbocycles. The molecule has 0 aromatic rings. The van der Waals surface area contributed by atoms with Crippen LogP contribution in [0.15, 0.2) is 0 Å². The van der Waals surface area contributed by atoms with E-state index in [1.807, 2.05) is 0 Å². The Morgan fingerprint density at radius 3 is 2.47 bits per heavy atom. The molecule has 2 aliphatic rings. The van der Waals surface area contributed by atoms with Crippen LogP contribution in [0.2, 0.25) is 0 Å². The Kier molecular flexibility index (Phi) is 4.45. The van der Waals surface area contributed by atoms with Crippen molar-refractivity contribution in [3.05, 3.63) is 0 Å². The molecule has 3 heteroatoms. The van der Waals surface area contributed by atoms with Crippen LogP contribution in [0.1, 0.15) is 58.8 Å². The van der Waals surface area contributed by atoms with E-state index in [4.69, 9.17) is 4.74 Å². The molecule has 0 aliphatic heterocycles. The molecule has 100 valence electrons. The summed E-state index contributed by atoms with van der Waals surface area (Å²) in [4.78, 5) is 0. The molecule has 0 aromatic carbocycles. The summed E-state index contributed by atoms with van der Waals surface area (Å²) >= 11 is 0. The first-order chi connectivity index (χ1) is 8.13. The van der Waals surface area contributed by atoms with E-state index >= 15 is 0 Å². The Hall–Kier alpha value is -0.120. The van der Waals surface area contributed by atoms with Crippen LogP contribution >= 0.6 is 0 Å². The van der Waals surface area contributed by atoms with Gasteiger partial charge in [-0.1, -0.05) is 13.8 Å². The Morgan fingerprint density at radius 2 is 1.94 bits per heavy atom. The van der Waals surface area contributed by atoms with Gasteiger partial charge in [-0.3, -0.25) is 0 Å². The average molecular weight is 241 g/mol. The number of hydrogen-bond acceptors (Lipinski definition) is 3. The summed E-state index contributed by atoms with van der Waals surface area (Å²) in [5.74, 6) is 0. The standard InChI is InChI=1S/C14H27NO2/c1-11(2)15-14(10-16)8-4-7-13(9-14)17-12-5-3-6-12/h11-13,15-16H,3-10H2,1-2H3. The summed E-state index contributed by atoms with van der Waals surface area (Å²) in [5.41, 5.74) is -0.0964. The molecule has 2 atom stereocenters. The number of nitrogens with one attached hydrogen (secondary N) is 1. The lowest BCUT2D eigenvalue weighted by Gasteiger charge is -2.43. The normalized spacial score (nSPS) is 34.9. The highest BCUT2D eigenvalue weighted by Gasteiger charge is 2.37. The number of rotatable bonds is 5. The van der Waals surface area contributed by atoms with E-state index in [2.05, 4.69) is 19.2 Å². The smallest absolute Gasteiger partial charge is 0.0614 e. The van der Waals surface area contributed by atoms with Gasteiger partial charge in [0.15, 0.2) is 0 Å². The number of ether oxygens (including phenoxy) is 1. The first-order valence-corrected chi connectivity index (χ1v) is 7.17. The van der Waals surface area contributed by atoms with Gasteiger partial charge in [-0.25, -0.2) is 0 Å². The predicted molar refractivity (Wildman–Crippen MR) is 69.1 cm³/mol. The fourth-order valence-electron chi connectivity index (χ4n) is 3.14. The molecule has 2 saturated carbocycles. The third-order valence-electron chi connectivity index (χ3n) is 4.13. The SMILES string of the molecule is CC(C)NC1(CO)CCCC(OC2CCC2)C1. The van der Waals surface area contributed by atoms with Gasteiger partial charge in [0, 0.05) is 11.6 Å². The quantitative estimate of drug-likeness (QED) is 0.775. The minimum atomic E-state index is -0.0964.